The molecule has 0 aromatic heterocycles. The van der Waals surface area contributed by atoms with Gasteiger partial charge in [0.15, 0.2) is 0 Å². The molecular formula is C17H23N3O5. The van der Waals surface area contributed by atoms with Crippen LogP contribution in [0, 0.1) is 0 Å². The summed E-state index contributed by atoms with van der Waals surface area (Å²) in [6.07, 6.45) is -0.555. The Labute approximate surface area is 146 Å². The van der Waals surface area contributed by atoms with E-state index < -0.39 is 24.4 Å². The SMILES string of the molecule is CCN1CCN(CC)c2c(NC(CC(=O)O)C(=O)O)cccc2C1=O. The number of carboxylic acids is 2. The van der Waals surface area contributed by atoms with Crippen molar-refractivity contribution in [3.8, 4) is 0 Å². The number of hydrogen-bond donors (Lipinski definition) is 3. The number of fused-ring (bicyclic) bond motifs is 1. The van der Waals surface area contributed by atoms with E-state index in [9.17, 15) is 19.5 Å². The largest absolute Gasteiger partial charge is 0.481 e. The third kappa shape index (κ3) is 4.01. The summed E-state index contributed by atoms with van der Waals surface area (Å²) in [6.45, 7) is 6.30. The molecule has 8 heteroatoms. The van der Waals surface area contributed by atoms with Crippen LogP contribution in [0.3, 0.4) is 0 Å². The smallest absolute Gasteiger partial charge is 0.326 e. The summed E-state index contributed by atoms with van der Waals surface area (Å²) in [5, 5.41) is 21.0. The Hall–Kier alpha value is -2.77. The van der Waals surface area contributed by atoms with Gasteiger partial charge in [-0.15, -0.1) is 0 Å². The van der Waals surface area contributed by atoms with Crippen LogP contribution in [0.15, 0.2) is 18.2 Å². The fourth-order valence-electron chi connectivity index (χ4n) is 2.98. The molecular weight excluding hydrogens is 326 g/mol. The van der Waals surface area contributed by atoms with Gasteiger partial charge in [-0.1, -0.05) is 6.07 Å². The number of anilines is 2. The van der Waals surface area contributed by atoms with E-state index in [0.29, 0.717) is 43.1 Å². The maximum atomic E-state index is 12.7. The van der Waals surface area contributed by atoms with E-state index in [0.717, 1.165) is 0 Å². The van der Waals surface area contributed by atoms with Crippen molar-refractivity contribution in [3.05, 3.63) is 23.8 Å². The van der Waals surface area contributed by atoms with Crippen LogP contribution in [-0.2, 0) is 9.59 Å². The molecule has 0 bridgehead atoms. The summed E-state index contributed by atoms with van der Waals surface area (Å²) < 4.78 is 0. The zero-order valence-electron chi connectivity index (χ0n) is 14.4. The van der Waals surface area contributed by atoms with E-state index in [1.165, 1.54) is 0 Å². The molecule has 1 aromatic rings. The average Bonchev–Trinajstić information content (AvgIpc) is 2.71. The number of nitrogens with zero attached hydrogens (tertiary/aromatic N) is 2. The first-order valence-electron chi connectivity index (χ1n) is 8.27. The zero-order valence-corrected chi connectivity index (χ0v) is 14.4. The van der Waals surface area contributed by atoms with Gasteiger partial charge in [0.05, 0.1) is 23.4 Å². The molecule has 25 heavy (non-hydrogen) atoms. The number of para-hydroxylation sites is 1. The molecule has 0 fully saturated rings. The minimum atomic E-state index is -1.27. The van der Waals surface area contributed by atoms with Crippen molar-refractivity contribution < 1.29 is 24.6 Å². The average molecular weight is 349 g/mol. The van der Waals surface area contributed by atoms with Crippen LogP contribution in [0.1, 0.15) is 30.6 Å². The second kappa shape index (κ2) is 7.87. The van der Waals surface area contributed by atoms with E-state index in [1.54, 1.807) is 23.1 Å². The van der Waals surface area contributed by atoms with Crippen LogP contribution in [-0.4, -0.2) is 65.2 Å². The van der Waals surface area contributed by atoms with Crippen molar-refractivity contribution >= 4 is 29.2 Å². The van der Waals surface area contributed by atoms with Gasteiger partial charge in [0, 0.05) is 26.2 Å². The lowest BCUT2D eigenvalue weighted by atomic mass is 10.1. The number of nitrogens with one attached hydrogen (secondary N) is 1. The summed E-state index contributed by atoms with van der Waals surface area (Å²) in [5.74, 6) is -2.57. The predicted octanol–water partition coefficient (Wildman–Crippen LogP) is 1.33. The number of carboxylic acid groups (broad SMARTS) is 2. The Balaban J connectivity index is 2.47. The summed E-state index contributed by atoms with van der Waals surface area (Å²) in [4.78, 5) is 38.8. The number of carbonyl (C=O) groups is 3. The van der Waals surface area contributed by atoms with Crippen LogP contribution in [0.25, 0.3) is 0 Å². The number of benzene rings is 1. The van der Waals surface area contributed by atoms with Crippen molar-refractivity contribution in [1.82, 2.24) is 4.90 Å². The first-order valence-corrected chi connectivity index (χ1v) is 8.27. The Morgan fingerprint density at radius 1 is 1.16 bits per heavy atom. The highest BCUT2D eigenvalue weighted by Gasteiger charge is 2.29. The van der Waals surface area contributed by atoms with Crippen molar-refractivity contribution in [2.45, 2.75) is 26.3 Å². The van der Waals surface area contributed by atoms with Crippen molar-refractivity contribution in [2.75, 3.05) is 36.4 Å². The summed E-state index contributed by atoms with van der Waals surface area (Å²) in [5.41, 5.74) is 1.58. The fraction of sp³-hybridized carbons (Fsp3) is 0.471. The first kappa shape index (κ1) is 18.6. The molecule has 0 saturated heterocycles. The standard InChI is InChI=1S/C17H23N3O5/c1-3-19-8-9-20(4-2)16(23)11-6-5-7-12(15(11)19)18-13(17(24)25)10-14(21)22/h5-7,13,18H,3-4,8-10H2,1-2H3,(H,21,22)(H,24,25). The molecule has 0 aliphatic carbocycles. The molecule has 1 aliphatic rings. The third-order valence-electron chi connectivity index (χ3n) is 4.28. The predicted molar refractivity (Wildman–Crippen MR) is 93.2 cm³/mol. The second-order valence-corrected chi connectivity index (χ2v) is 5.80. The Morgan fingerprint density at radius 3 is 2.36 bits per heavy atom. The topological polar surface area (TPSA) is 110 Å². The molecule has 0 radical (unpaired) electrons. The minimum absolute atomic E-state index is 0.109. The molecule has 136 valence electrons. The highest BCUT2D eigenvalue weighted by Crippen LogP contribution is 2.33. The van der Waals surface area contributed by atoms with Crippen LogP contribution < -0.4 is 10.2 Å². The number of hydrogen-bond acceptors (Lipinski definition) is 5. The van der Waals surface area contributed by atoms with Crippen molar-refractivity contribution in [3.63, 3.8) is 0 Å². The monoisotopic (exact) mass is 349 g/mol. The van der Waals surface area contributed by atoms with E-state index >= 15 is 0 Å². The summed E-state index contributed by atoms with van der Waals surface area (Å²) >= 11 is 0. The van der Waals surface area contributed by atoms with Crippen LogP contribution in [0.4, 0.5) is 11.4 Å². The Morgan fingerprint density at radius 2 is 1.80 bits per heavy atom. The molecule has 1 aliphatic heterocycles. The number of likely N-dealkylation sites (N-methyl/N-ethyl adjacent to an activating group) is 2. The van der Waals surface area contributed by atoms with Gasteiger partial charge < -0.3 is 25.3 Å². The lowest BCUT2D eigenvalue weighted by Gasteiger charge is -2.26. The molecule has 8 nitrogen and oxygen atoms in total. The fourth-order valence-corrected chi connectivity index (χ4v) is 2.98. The Bertz CT molecular complexity index is 676. The summed E-state index contributed by atoms with van der Waals surface area (Å²) in [7, 11) is 0. The van der Waals surface area contributed by atoms with E-state index in [1.807, 2.05) is 18.7 Å². The normalized spacial score (nSPS) is 15.4. The van der Waals surface area contributed by atoms with Gasteiger partial charge >= 0.3 is 11.9 Å². The summed E-state index contributed by atoms with van der Waals surface area (Å²) in [6, 6.07) is 3.79. The molecule has 1 aromatic carbocycles. The van der Waals surface area contributed by atoms with Gasteiger partial charge in [-0.25, -0.2) is 4.79 Å². The van der Waals surface area contributed by atoms with Crippen LogP contribution >= 0.6 is 0 Å². The second-order valence-electron chi connectivity index (χ2n) is 5.80. The molecule has 1 heterocycles. The number of rotatable bonds is 7. The molecule has 1 unspecified atom stereocenters. The van der Waals surface area contributed by atoms with Crippen molar-refractivity contribution in [2.24, 2.45) is 0 Å². The molecule has 1 atom stereocenters. The first-order chi connectivity index (χ1) is 11.9. The van der Waals surface area contributed by atoms with E-state index in [-0.39, 0.29) is 5.91 Å². The number of amides is 1. The maximum Gasteiger partial charge on any atom is 0.326 e. The Kier molecular flexibility index (Phi) is 5.84. The maximum absolute atomic E-state index is 12.7. The van der Waals surface area contributed by atoms with E-state index in [2.05, 4.69) is 5.32 Å². The van der Waals surface area contributed by atoms with Gasteiger partial charge in [0.1, 0.15) is 6.04 Å². The van der Waals surface area contributed by atoms with Gasteiger partial charge in [0.25, 0.3) is 5.91 Å². The van der Waals surface area contributed by atoms with Gasteiger partial charge in [-0.2, -0.15) is 0 Å². The molecule has 2 rings (SSSR count). The highest BCUT2D eigenvalue weighted by molar-refractivity contribution is 6.03. The van der Waals surface area contributed by atoms with Crippen LogP contribution in [0.2, 0.25) is 0 Å². The van der Waals surface area contributed by atoms with Gasteiger partial charge in [-0.05, 0) is 26.0 Å². The van der Waals surface area contributed by atoms with Gasteiger partial charge in [-0.3, -0.25) is 9.59 Å². The molecule has 0 saturated carbocycles. The molecule has 3 N–H and O–H groups in total. The lowest BCUT2D eigenvalue weighted by molar-refractivity contribution is -0.144. The van der Waals surface area contributed by atoms with E-state index in [4.69, 9.17) is 5.11 Å². The lowest BCUT2D eigenvalue weighted by Crippen LogP contribution is -2.35. The number of aliphatic carboxylic acids is 2. The van der Waals surface area contributed by atoms with Crippen LogP contribution in [0.5, 0.6) is 0 Å². The molecule has 0 spiro atoms. The zero-order chi connectivity index (χ0) is 18.6. The molecule has 1 amide bonds. The van der Waals surface area contributed by atoms with Gasteiger partial charge in [0.2, 0.25) is 0 Å². The van der Waals surface area contributed by atoms with Crippen molar-refractivity contribution in [1.29, 1.82) is 0 Å². The highest BCUT2D eigenvalue weighted by atomic mass is 16.4. The minimum Gasteiger partial charge on any atom is -0.481 e. The third-order valence-corrected chi connectivity index (χ3v) is 4.28. The number of carbonyl (C=O) groups excluding carboxylic acids is 1. The quantitative estimate of drug-likeness (QED) is 0.681.